The molecule has 1 aliphatic heterocycles. The van der Waals surface area contributed by atoms with E-state index in [1.165, 1.54) is 12.1 Å². The van der Waals surface area contributed by atoms with Crippen LogP contribution in [0.4, 0.5) is 4.39 Å². The molecule has 2 atom stereocenters. The van der Waals surface area contributed by atoms with Crippen molar-refractivity contribution in [3.8, 4) is 0 Å². The van der Waals surface area contributed by atoms with Gasteiger partial charge in [0, 0.05) is 30.0 Å². The Morgan fingerprint density at radius 2 is 2.05 bits per heavy atom. The fraction of sp³-hybridized carbons (Fsp3) is 0.533. The second-order valence-electron chi connectivity index (χ2n) is 5.13. The molecule has 1 fully saturated rings. The molecule has 1 saturated heterocycles. The molecule has 0 radical (unpaired) electrons. The molecule has 0 aromatic heterocycles. The molecule has 0 saturated carbocycles. The van der Waals surface area contributed by atoms with Crippen molar-refractivity contribution in [1.82, 2.24) is 4.90 Å². The third kappa shape index (κ3) is 4.05. The Morgan fingerprint density at radius 1 is 1.37 bits per heavy atom. The maximum Gasteiger partial charge on any atom is 0.151 e. The molecular formula is C15H20FNOS. The summed E-state index contributed by atoms with van der Waals surface area (Å²) in [6.07, 6.45) is 0.394. The lowest BCUT2D eigenvalue weighted by atomic mass is 10.1. The first-order valence-corrected chi connectivity index (χ1v) is 7.73. The van der Waals surface area contributed by atoms with E-state index in [1.807, 2.05) is 11.8 Å². The van der Waals surface area contributed by atoms with Gasteiger partial charge >= 0.3 is 0 Å². The highest BCUT2D eigenvalue weighted by Crippen LogP contribution is 2.23. The lowest BCUT2D eigenvalue weighted by molar-refractivity contribution is -0.120. The maximum atomic E-state index is 12.8. The number of hydrogen-bond donors (Lipinski definition) is 0. The smallest absolute Gasteiger partial charge is 0.151 e. The second kappa shape index (κ2) is 6.53. The van der Waals surface area contributed by atoms with E-state index in [0.717, 1.165) is 17.9 Å². The summed E-state index contributed by atoms with van der Waals surface area (Å²) in [6, 6.07) is 6.63. The summed E-state index contributed by atoms with van der Waals surface area (Å²) in [5.41, 5.74) is 0.887. The van der Waals surface area contributed by atoms with E-state index >= 15 is 0 Å². The van der Waals surface area contributed by atoms with Gasteiger partial charge in [-0.1, -0.05) is 19.1 Å². The average Bonchev–Trinajstić information content (AvgIpc) is 2.38. The van der Waals surface area contributed by atoms with Gasteiger partial charge in [-0.25, -0.2) is 4.39 Å². The summed E-state index contributed by atoms with van der Waals surface area (Å²) in [5, 5.41) is 0.576. The fourth-order valence-corrected chi connectivity index (χ4v) is 3.49. The number of nitrogens with zero attached hydrogens (tertiary/aromatic N) is 1. The summed E-state index contributed by atoms with van der Waals surface area (Å²) in [4.78, 5) is 14.3. The minimum absolute atomic E-state index is 0.206. The van der Waals surface area contributed by atoms with Gasteiger partial charge in [0.05, 0.1) is 6.54 Å². The molecule has 2 nitrogen and oxygen atoms in total. The molecular weight excluding hydrogens is 261 g/mol. The van der Waals surface area contributed by atoms with Gasteiger partial charge in [-0.15, -0.1) is 0 Å². The zero-order chi connectivity index (χ0) is 13.8. The van der Waals surface area contributed by atoms with Crippen molar-refractivity contribution in [1.29, 1.82) is 0 Å². The lowest BCUT2D eigenvalue weighted by Gasteiger charge is -2.36. The second-order valence-corrected chi connectivity index (χ2v) is 6.61. The highest BCUT2D eigenvalue weighted by molar-refractivity contribution is 8.00. The lowest BCUT2D eigenvalue weighted by Crippen LogP contribution is -2.47. The van der Waals surface area contributed by atoms with Gasteiger partial charge in [0.15, 0.2) is 5.78 Å². The minimum Gasteiger partial charge on any atom is -0.298 e. The number of Topliss-reactive ketones (excluding diaryl/α,β-unsaturated/α-hetero) is 1. The predicted octanol–water partition coefficient (Wildman–Crippen LogP) is 2.76. The molecule has 104 valence electrons. The summed E-state index contributed by atoms with van der Waals surface area (Å²) >= 11 is 1.97. The molecule has 1 aliphatic rings. The van der Waals surface area contributed by atoms with E-state index in [2.05, 4.69) is 18.7 Å². The van der Waals surface area contributed by atoms with Gasteiger partial charge in [0.25, 0.3) is 0 Å². The number of benzene rings is 1. The van der Waals surface area contributed by atoms with Gasteiger partial charge in [-0.3, -0.25) is 9.69 Å². The van der Waals surface area contributed by atoms with Gasteiger partial charge in [0.1, 0.15) is 5.82 Å². The van der Waals surface area contributed by atoms with Crippen molar-refractivity contribution in [3.05, 3.63) is 35.6 Å². The van der Waals surface area contributed by atoms with Gasteiger partial charge in [-0.05, 0) is 24.6 Å². The van der Waals surface area contributed by atoms with Crippen molar-refractivity contribution < 1.29 is 9.18 Å². The van der Waals surface area contributed by atoms with Crippen molar-refractivity contribution in [2.45, 2.75) is 31.6 Å². The zero-order valence-corrected chi connectivity index (χ0v) is 12.3. The Labute approximate surface area is 118 Å². The van der Waals surface area contributed by atoms with Crippen LogP contribution in [0.1, 0.15) is 19.4 Å². The Balaban J connectivity index is 1.88. The maximum absolute atomic E-state index is 12.8. The van der Waals surface area contributed by atoms with E-state index < -0.39 is 0 Å². The number of rotatable bonds is 4. The Bertz CT molecular complexity index is 434. The van der Waals surface area contributed by atoms with Crippen LogP contribution < -0.4 is 0 Å². The largest absolute Gasteiger partial charge is 0.298 e. The van der Waals surface area contributed by atoms with E-state index in [-0.39, 0.29) is 11.6 Å². The minimum atomic E-state index is -0.258. The van der Waals surface area contributed by atoms with Gasteiger partial charge in [-0.2, -0.15) is 11.8 Å². The van der Waals surface area contributed by atoms with Crippen molar-refractivity contribution >= 4 is 17.5 Å². The first-order valence-electron chi connectivity index (χ1n) is 6.68. The third-order valence-electron chi connectivity index (χ3n) is 3.71. The molecule has 0 N–H and O–H groups in total. The number of halogens is 1. The topological polar surface area (TPSA) is 20.3 Å². The third-order valence-corrected chi connectivity index (χ3v) is 5.05. The van der Waals surface area contributed by atoms with Crippen LogP contribution in [-0.4, -0.2) is 40.8 Å². The molecule has 1 heterocycles. The van der Waals surface area contributed by atoms with Gasteiger partial charge in [0.2, 0.25) is 0 Å². The average molecular weight is 281 g/mol. The van der Waals surface area contributed by atoms with Crippen LogP contribution in [0.15, 0.2) is 24.3 Å². The number of carbonyl (C=O) groups is 1. The van der Waals surface area contributed by atoms with E-state index in [0.29, 0.717) is 24.3 Å². The normalized spacial score (nSPS) is 24.4. The highest BCUT2D eigenvalue weighted by atomic mass is 32.2. The molecule has 1 aromatic carbocycles. The van der Waals surface area contributed by atoms with Crippen molar-refractivity contribution in [2.75, 3.05) is 18.8 Å². The fourth-order valence-electron chi connectivity index (χ4n) is 2.33. The summed E-state index contributed by atoms with van der Waals surface area (Å²) < 4.78 is 12.8. The summed E-state index contributed by atoms with van der Waals surface area (Å²) in [5.74, 6) is 1.04. The number of ketones is 1. The summed E-state index contributed by atoms with van der Waals surface area (Å²) in [6.45, 7) is 5.88. The van der Waals surface area contributed by atoms with Crippen LogP contribution in [0.5, 0.6) is 0 Å². The van der Waals surface area contributed by atoms with Crippen molar-refractivity contribution in [3.63, 3.8) is 0 Å². The van der Waals surface area contributed by atoms with Crippen LogP contribution >= 0.6 is 11.8 Å². The standard InChI is InChI=1S/C15H20FNOS/c1-11-12(2)19-8-7-17(11)10-15(18)9-13-3-5-14(16)6-4-13/h3-6,11-12H,7-10H2,1-2H3. The molecule has 1 aromatic rings. The monoisotopic (exact) mass is 281 g/mol. The molecule has 19 heavy (non-hydrogen) atoms. The molecule has 0 amide bonds. The van der Waals surface area contributed by atoms with Crippen LogP contribution in [0.2, 0.25) is 0 Å². The van der Waals surface area contributed by atoms with Crippen molar-refractivity contribution in [2.24, 2.45) is 0 Å². The van der Waals surface area contributed by atoms with Crippen LogP contribution in [-0.2, 0) is 11.2 Å². The number of thioether (sulfide) groups is 1. The molecule has 0 bridgehead atoms. The number of hydrogen-bond acceptors (Lipinski definition) is 3. The molecule has 4 heteroatoms. The quantitative estimate of drug-likeness (QED) is 0.846. The van der Waals surface area contributed by atoms with E-state index in [9.17, 15) is 9.18 Å². The predicted molar refractivity (Wildman–Crippen MR) is 78.1 cm³/mol. The van der Waals surface area contributed by atoms with E-state index in [4.69, 9.17) is 0 Å². The molecule has 2 unspecified atom stereocenters. The molecule has 2 rings (SSSR count). The van der Waals surface area contributed by atoms with Crippen LogP contribution in [0.3, 0.4) is 0 Å². The zero-order valence-electron chi connectivity index (χ0n) is 11.4. The van der Waals surface area contributed by atoms with Crippen LogP contribution in [0.25, 0.3) is 0 Å². The Hall–Kier alpha value is -0.870. The van der Waals surface area contributed by atoms with E-state index in [1.54, 1.807) is 12.1 Å². The SMILES string of the molecule is CC1SCCN(CC(=O)Cc2ccc(F)cc2)C1C. The molecule has 0 aliphatic carbocycles. The number of carbonyl (C=O) groups excluding carboxylic acids is 1. The molecule has 0 spiro atoms. The first kappa shape index (κ1) is 14.5. The Morgan fingerprint density at radius 3 is 2.74 bits per heavy atom. The highest BCUT2D eigenvalue weighted by Gasteiger charge is 2.26. The Kier molecular flexibility index (Phi) is 4.99. The first-order chi connectivity index (χ1) is 9.06. The summed E-state index contributed by atoms with van der Waals surface area (Å²) in [7, 11) is 0. The van der Waals surface area contributed by atoms with Crippen LogP contribution in [0, 0.1) is 5.82 Å². The van der Waals surface area contributed by atoms with Gasteiger partial charge < -0.3 is 0 Å².